The van der Waals surface area contributed by atoms with Crippen LogP contribution in [0.2, 0.25) is 0 Å². The maximum absolute atomic E-state index is 5.51. The smallest absolute Gasteiger partial charge is 0.00369 e. The normalized spacial score (nSPS) is 11.3. The van der Waals surface area contributed by atoms with Crippen molar-refractivity contribution in [3.8, 4) is 0 Å². The van der Waals surface area contributed by atoms with Crippen molar-refractivity contribution in [3.05, 3.63) is 0 Å². The van der Waals surface area contributed by atoms with E-state index in [1.165, 1.54) is 127 Å². The Balaban J connectivity index is 2.95. The van der Waals surface area contributed by atoms with Gasteiger partial charge in [0.2, 0.25) is 0 Å². The quantitative estimate of drug-likeness (QED) is 0.138. The van der Waals surface area contributed by atoms with Crippen LogP contribution in [0.25, 0.3) is 0 Å². The van der Waals surface area contributed by atoms with E-state index in [0.29, 0.717) is 0 Å². The third kappa shape index (κ3) is 24.6. The SMILES string of the molecule is NCCCCCCCCCCCSSCCCCCCCCCCCN. The zero-order chi connectivity index (χ0) is 19.0. The lowest BCUT2D eigenvalue weighted by atomic mass is 10.1. The van der Waals surface area contributed by atoms with Crippen LogP contribution in [0.15, 0.2) is 0 Å². The fourth-order valence-electron chi connectivity index (χ4n) is 3.20. The van der Waals surface area contributed by atoms with Gasteiger partial charge in [0.05, 0.1) is 0 Å². The lowest BCUT2D eigenvalue weighted by molar-refractivity contribution is 0.568. The number of rotatable bonds is 23. The minimum atomic E-state index is 0.867. The molecule has 0 heterocycles. The van der Waals surface area contributed by atoms with Gasteiger partial charge in [-0.1, -0.05) is 111 Å². The molecule has 0 aromatic carbocycles. The molecule has 26 heavy (non-hydrogen) atoms. The molecule has 4 heteroatoms. The molecule has 2 nitrogen and oxygen atoms in total. The van der Waals surface area contributed by atoms with E-state index in [-0.39, 0.29) is 0 Å². The van der Waals surface area contributed by atoms with Crippen molar-refractivity contribution < 1.29 is 0 Å². The summed E-state index contributed by atoms with van der Waals surface area (Å²) in [7, 11) is 4.21. The summed E-state index contributed by atoms with van der Waals surface area (Å²) in [5.41, 5.74) is 11.0. The highest BCUT2D eigenvalue weighted by atomic mass is 33.1. The van der Waals surface area contributed by atoms with Gasteiger partial charge in [-0.05, 0) is 38.8 Å². The Morgan fingerprint density at radius 1 is 0.308 bits per heavy atom. The van der Waals surface area contributed by atoms with Gasteiger partial charge in [-0.2, -0.15) is 0 Å². The summed E-state index contributed by atoms with van der Waals surface area (Å²) < 4.78 is 0. The molecule has 0 atom stereocenters. The first-order valence-corrected chi connectivity index (χ1v) is 14.0. The van der Waals surface area contributed by atoms with Crippen LogP contribution in [-0.2, 0) is 0 Å². The molecular weight excluding hydrogens is 356 g/mol. The molecular formula is C22H48N2S2. The van der Waals surface area contributed by atoms with Gasteiger partial charge in [-0.15, -0.1) is 0 Å². The third-order valence-electron chi connectivity index (χ3n) is 4.95. The minimum Gasteiger partial charge on any atom is -0.330 e. The third-order valence-corrected chi connectivity index (χ3v) is 7.52. The average molecular weight is 405 g/mol. The van der Waals surface area contributed by atoms with E-state index in [9.17, 15) is 0 Å². The van der Waals surface area contributed by atoms with E-state index < -0.39 is 0 Å². The number of unbranched alkanes of at least 4 members (excludes halogenated alkanes) is 16. The van der Waals surface area contributed by atoms with E-state index in [1.807, 2.05) is 0 Å². The Kier molecular flexibility index (Phi) is 26.2. The van der Waals surface area contributed by atoms with Crippen LogP contribution >= 0.6 is 21.6 Å². The number of hydrogen-bond acceptors (Lipinski definition) is 4. The van der Waals surface area contributed by atoms with Crippen molar-refractivity contribution in [2.45, 2.75) is 116 Å². The Morgan fingerprint density at radius 3 is 0.808 bits per heavy atom. The van der Waals surface area contributed by atoms with Crippen molar-refractivity contribution in [1.29, 1.82) is 0 Å². The monoisotopic (exact) mass is 404 g/mol. The zero-order valence-electron chi connectivity index (χ0n) is 17.5. The van der Waals surface area contributed by atoms with Crippen molar-refractivity contribution in [2.24, 2.45) is 11.5 Å². The summed E-state index contributed by atoms with van der Waals surface area (Å²) in [6.07, 6.45) is 25.0. The molecule has 0 bridgehead atoms. The minimum absolute atomic E-state index is 0.867. The van der Waals surface area contributed by atoms with Gasteiger partial charge in [-0.3, -0.25) is 0 Å². The highest BCUT2D eigenvalue weighted by Crippen LogP contribution is 2.25. The second kappa shape index (κ2) is 25.6. The maximum Gasteiger partial charge on any atom is 0.00369 e. The van der Waals surface area contributed by atoms with Crippen LogP contribution in [0.5, 0.6) is 0 Å². The molecule has 0 aliphatic carbocycles. The Hall–Kier alpha value is 0.620. The van der Waals surface area contributed by atoms with Gasteiger partial charge in [-0.25, -0.2) is 0 Å². The van der Waals surface area contributed by atoms with Gasteiger partial charge in [0.15, 0.2) is 0 Å². The van der Waals surface area contributed by atoms with Gasteiger partial charge < -0.3 is 11.5 Å². The van der Waals surface area contributed by atoms with Crippen LogP contribution in [0, 0.1) is 0 Å². The first-order chi connectivity index (χ1) is 12.9. The van der Waals surface area contributed by atoms with Crippen molar-refractivity contribution in [1.82, 2.24) is 0 Å². The molecule has 0 aliphatic rings. The fraction of sp³-hybridized carbons (Fsp3) is 1.00. The lowest BCUT2D eigenvalue weighted by Gasteiger charge is -2.04. The van der Waals surface area contributed by atoms with Crippen molar-refractivity contribution in [2.75, 3.05) is 24.6 Å². The van der Waals surface area contributed by atoms with Crippen molar-refractivity contribution >= 4 is 21.6 Å². The van der Waals surface area contributed by atoms with E-state index >= 15 is 0 Å². The molecule has 4 N–H and O–H groups in total. The van der Waals surface area contributed by atoms with E-state index in [1.54, 1.807) is 0 Å². The second-order valence-electron chi connectivity index (χ2n) is 7.59. The van der Waals surface area contributed by atoms with E-state index in [0.717, 1.165) is 13.1 Å². The lowest BCUT2D eigenvalue weighted by Crippen LogP contribution is -1.97. The summed E-state index contributed by atoms with van der Waals surface area (Å²) in [4.78, 5) is 0. The largest absolute Gasteiger partial charge is 0.330 e. The molecule has 0 amide bonds. The highest BCUT2D eigenvalue weighted by molar-refractivity contribution is 8.76. The van der Waals surface area contributed by atoms with Crippen molar-refractivity contribution in [3.63, 3.8) is 0 Å². The first-order valence-electron chi connectivity index (χ1n) is 11.6. The summed E-state index contributed by atoms with van der Waals surface area (Å²) in [6.45, 7) is 1.73. The average Bonchev–Trinajstić information content (AvgIpc) is 2.66. The molecule has 0 saturated heterocycles. The summed E-state index contributed by atoms with van der Waals surface area (Å²) in [5.74, 6) is 2.70. The molecule has 0 aromatic rings. The predicted octanol–water partition coefficient (Wildman–Crippen LogP) is 7.31. The van der Waals surface area contributed by atoms with Gasteiger partial charge in [0.1, 0.15) is 0 Å². The van der Waals surface area contributed by atoms with Crippen LogP contribution in [-0.4, -0.2) is 24.6 Å². The Morgan fingerprint density at radius 2 is 0.538 bits per heavy atom. The molecule has 0 aliphatic heterocycles. The van der Waals surface area contributed by atoms with Crippen LogP contribution < -0.4 is 11.5 Å². The molecule has 0 rings (SSSR count). The summed E-state index contributed by atoms with van der Waals surface area (Å²) >= 11 is 0. The standard InChI is InChI=1S/C22H48N2S2/c23-19-15-11-7-3-1-5-9-13-17-21-25-26-22-18-14-10-6-2-4-8-12-16-20-24/h1-24H2. The van der Waals surface area contributed by atoms with Crippen LogP contribution in [0.4, 0.5) is 0 Å². The predicted molar refractivity (Wildman–Crippen MR) is 126 cm³/mol. The summed E-state index contributed by atoms with van der Waals surface area (Å²) in [5, 5.41) is 0. The zero-order valence-corrected chi connectivity index (χ0v) is 19.2. The van der Waals surface area contributed by atoms with Gasteiger partial charge in [0.25, 0.3) is 0 Å². The molecule has 0 saturated carbocycles. The summed E-state index contributed by atoms with van der Waals surface area (Å²) in [6, 6.07) is 0. The van der Waals surface area contributed by atoms with Gasteiger partial charge in [0, 0.05) is 11.5 Å². The fourth-order valence-corrected chi connectivity index (χ4v) is 5.50. The molecule has 0 aromatic heterocycles. The molecule has 0 unspecified atom stereocenters. The first kappa shape index (κ1) is 26.6. The van der Waals surface area contributed by atoms with Crippen LogP contribution in [0.1, 0.15) is 116 Å². The number of nitrogens with two attached hydrogens (primary N) is 2. The van der Waals surface area contributed by atoms with Gasteiger partial charge >= 0.3 is 0 Å². The van der Waals surface area contributed by atoms with E-state index in [4.69, 9.17) is 11.5 Å². The number of hydrogen-bond donors (Lipinski definition) is 2. The Bertz CT molecular complexity index is 216. The molecule has 0 fully saturated rings. The molecule has 158 valence electrons. The maximum atomic E-state index is 5.51. The van der Waals surface area contributed by atoms with E-state index in [2.05, 4.69) is 21.6 Å². The van der Waals surface area contributed by atoms with Crippen LogP contribution in [0.3, 0.4) is 0 Å². The molecule has 0 radical (unpaired) electrons. The molecule has 0 spiro atoms. The highest BCUT2D eigenvalue weighted by Gasteiger charge is 1.96. The Labute approximate surface area is 173 Å². The topological polar surface area (TPSA) is 52.0 Å². The second-order valence-corrected chi connectivity index (χ2v) is 10.3.